The minimum absolute atomic E-state index is 0.208. The largest absolute Gasteiger partial charge is 0.468 e. The van der Waals surface area contributed by atoms with Gasteiger partial charge >= 0.3 is 11.9 Å². The zero-order valence-corrected chi connectivity index (χ0v) is 13.6. The van der Waals surface area contributed by atoms with Crippen LogP contribution in [-0.2, 0) is 19.1 Å². The number of methoxy groups -OCH3 is 2. The van der Waals surface area contributed by atoms with E-state index >= 15 is 0 Å². The topological polar surface area (TPSA) is 117 Å². The molecule has 0 aliphatic rings. The van der Waals surface area contributed by atoms with Crippen LogP contribution in [0.2, 0.25) is 0 Å². The number of nitrogens with one attached hydrogen (secondary N) is 2. The molecule has 4 N–H and O–H groups in total. The van der Waals surface area contributed by atoms with Crippen LogP contribution in [0.1, 0.15) is 25.7 Å². The molecule has 0 aliphatic carbocycles. The lowest BCUT2D eigenvalue weighted by atomic mass is 10.3. The minimum Gasteiger partial charge on any atom is -0.468 e. The Bertz CT molecular complexity index is 238. The Morgan fingerprint density at radius 3 is 1.41 bits per heavy atom. The molecule has 0 fully saturated rings. The average molecular weight is 322 g/mol. The molecule has 22 heavy (non-hydrogen) atoms. The van der Waals surface area contributed by atoms with Crippen molar-refractivity contribution in [2.24, 2.45) is 0 Å². The summed E-state index contributed by atoms with van der Waals surface area (Å²) in [6.45, 7) is 2.41. The Labute approximate surface area is 132 Å². The summed E-state index contributed by atoms with van der Waals surface area (Å²) in [6.07, 6.45) is 3.31. The van der Waals surface area contributed by atoms with Gasteiger partial charge in [-0.3, -0.25) is 9.59 Å². The maximum Gasteiger partial charge on any atom is 0.319 e. The normalized spacial score (nSPS) is 9.64. The summed E-state index contributed by atoms with van der Waals surface area (Å²) in [5, 5.41) is 22.6. The van der Waals surface area contributed by atoms with Gasteiger partial charge in [-0.05, 0) is 38.8 Å². The second kappa shape index (κ2) is 19.8. The van der Waals surface area contributed by atoms with Crippen LogP contribution in [0.15, 0.2) is 0 Å². The average Bonchev–Trinajstić information content (AvgIpc) is 2.54. The van der Waals surface area contributed by atoms with E-state index in [9.17, 15) is 9.59 Å². The van der Waals surface area contributed by atoms with Crippen LogP contribution in [0, 0.1) is 0 Å². The lowest BCUT2D eigenvalue weighted by Gasteiger charge is -2.01. The van der Waals surface area contributed by atoms with Crippen molar-refractivity contribution in [2.45, 2.75) is 25.7 Å². The molecule has 0 radical (unpaired) electrons. The minimum atomic E-state index is -0.256. The van der Waals surface area contributed by atoms with Crippen molar-refractivity contribution in [2.75, 3.05) is 53.6 Å². The molecule has 0 saturated heterocycles. The Kier molecular flexibility index (Phi) is 20.7. The molecule has 0 amide bonds. The molecule has 0 aromatic heterocycles. The van der Waals surface area contributed by atoms with Crippen LogP contribution < -0.4 is 10.6 Å². The van der Waals surface area contributed by atoms with Crippen molar-refractivity contribution < 1.29 is 29.3 Å². The Morgan fingerprint density at radius 1 is 0.773 bits per heavy atom. The highest BCUT2D eigenvalue weighted by atomic mass is 16.5. The summed E-state index contributed by atoms with van der Waals surface area (Å²) in [5.41, 5.74) is 0. The van der Waals surface area contributed by atoms with E-state index in [0.717, 1.165) is 38.8 Å². The number of unbranched alkanes of at least 4 members (excludes halogenated alkanes) is 2. The summed E-state index contributed by atoms with van der Waals surface area (Å²) >= 11 is 0. The smallest absolute Gasteiger partial charge is 0.319 e. The van der Waals surface area contributed by atoms with Crippen LogP contribution in [0.5, 0.6) is 0 Å². The number of carbonyl (C=O) groups excluding carboxylic acids is 2. The maximum absolute atomic E-state index is 10.5. The van der Waals surface area contributed by atoms with Gasteiger partial charge in [-0.2, -0.15) is 0 Å². The van der Waals surface area contributed by atoms with E-state index in [-0.39, 0.29) is 38.2 Å². The summed E-state index contributed by atoms with van der Waals surface area (Å²) in [4.78, 5) is 21.0. The third-order valence-corrected chi connectivity index (χ3v) is 2.52. The summed E-state index contributed by atoms with van der Waals surface area (Å²) in [7, 11) is 2.72. The molecular formula is C14H30N2O6. The number of rotatable bonds is 12. The van der Waals surface area contributed by atoms with Gasteiger partial charge in [0, 0.05) is 13.2 Å². The van der Waals surface area contributed by atoms with Crippen LogP contribution in [0.3, 0.4) is 0 Å². The van der Waals surface area contributed by atoms with E-state index in [1.807, 2.05) is 0 Å². The summed E-state index contributed by atoms with van der Waals surface area (Å²) < 4.78 is 8.81. The van der Waals surface area contributed by atoms with Gasteiger partial charge in [-0.1, -0.05) is 0 Å². The monoisotopic (exact) mass is 322 g/mol. The van der Waals surface area contributed by atoms with E-state index < -0.39 is 0 Å². The fraction of sp³-hybridized carbons (Fsp3) is 0.857. The zero-order valence-electron chi connectivity index (χ0n) is 13.6. The molecule has 0 heterocycles. The predicted octanol–water partition coefficient (Wildman–Crippen LogP) is -0.957. The molecular weight excluding hydrogens is 292 g/mol. The van der Waals surface area contributed by atoms with Gasteiger partial charge in [0.25, 0.3) is 0 Å². The molecule has 0 rings (SSSR count). The highest BCUT2D eigenvalue weighted by molar-refractivity contribution is 5.71. The van der Waals surface area contributed by atoms with Gasteiger partial charge in [-0.25, -0.2) is 0 Å². The van der Waals surface area contributed by atoms with E-state index in [4.69, 9.17) is 10.2 Å². The number of hydrogen-bond acceptors (Lipinski definition) is 8. The van der Waals surface area contributed by atoms with Crippen molar-refractivity contribution >= 4 is 11.9 Å². The van der Waals surface area contributed by atoms with Crippen molar-refractivity contribution in [3.05, 3.63) is 0 Å². The van der Waals surface area contributed by atoms with Gasteiger partial charge < -0.3 is 30.3 Å². The number of aliphatic hydroxyl groups excluding tert-OH is 2. The first-order chi connectivity index (χ1) is 10.6. The van der Waals surface area contributed by atoms with E-state index in [1.54, 1.807) is 0 Å². The first-order valence-corrected chi connectivity index (χ1v) is 7.39. The van der Waals surface area contributed by atoms with Crippen molar-refractivity contribution in [3.63, 3.8) is 0 Å². The molecule has 0 atom stereocenters. The fourth-order valence-corrected chi connectivity index (χ4v) is 1.25. The molecule has 0 bridgehead atoms. The van der Waals surface area contributed by atoms with Gasteiger partial charge in [0.2, 0.25) is 0 Å². The zero-order chi connectivity index (χ0) is 17.1. The van der Waals surface area contributed by atoms with Crippen LogP contribution in [0.25, 0.3) is 0 Å². The Balaban J connectivity index is 0. The fourth-order valence-electron chi connectivity index (χ4n) is 1.25. The van der Waals surface area contributed by atoms with Crippen molar-refractivity contribution in [1.29, 1.82) is 0 Å². The van der Waals surface area contributed by atoms with Crippen molar-refractivity contribution in [3.8, 4) is 0 Å². The third-order valence-electron chi connectivity index (χ3n) is 2.52. The highest BCUT2D eigenvalue weighted by Crippen LogP contribution is 1.83. The number of carbonyl (C=O) groups is 2. The Morgan fingerprint density at radius 2 is 1.14 bits per heavy atom. The Hall–Kier alpha value is -1.22. The molecule has 132 valence electrons. The molecule has 0 aromatic rings. The van der Waals surface area contributed by atoms with Crippen LogP contribution in [0.4, 0.5) is 0 Å². The lowest BCUT2D eigenvalue weighted by molar-refractivity contribution is -0.140. The quantitative estimate of drug-likeness (QED) is 0.268. The lowest BCUT2D eigenvalue weighted by Crippen LogP contribution is -2.24. The number of ether oxygens (including phenoxy) is 2. The van der Waals surface area contributed by atoms with Crippen molar-refractivity contribution in [1.82, 2.24) is 10.6 Å². The van der Waals surface area contributed by atoms with Gasteiger partial charge in [0.05, 0.1) is 27.3 Å². The highest BCUT2D eigenvalue weighted by Gasteiger charge is 1.97. The molecule has 0 unspecified atom stereocenters. The van der Waals surface area contributed by atoms with Crippen LogP contribution >= 0.6 is 0 Å². The molecule has 0 spiro atoms. The van der Waals surface area contributed by atoms with E-state index in [1.165, 1.54) is 14.2 Å². The summed E-state index contributed by atoms with van der Waals surface area (Å²) in [6, 6.07) is 0. The second-order valence-electron chi connectivity index (χ2n) is 4.37. The number of hydrogen-bond donors (Lipinski definition) is 4. The molecule has 0 aliphatic heterocycles. The molecule has 0 aromatic carbocycles. The number of aliphatic hydroxyl groups is 2. The standard InChI is InChI=1S/2C7H15NO3/c2*1-11-7(10)6-8-4-2-3-5-9/h2*8-9H,2-6H2,1H3. The second-order valence-corrected chi connectivity index (χ2v) is 4.37. The molecule has 0 saturated carbocycles. The van der Waals surface area contributed by atoms with Gasteiger partial charge in [0.1, 0.15) is 0 Å². The van der Waals surface area contributed by atoms with Gasteiger partial charge in [-0.15, -0.1) is 0 Å². The van der Waals surface area contributed by atoms with E-state index in [0.29, 0.717) is 0 Å². The SMILES string of the molecule is COC(=O)CNCCCCO.COC(=O)CNCCCCO. The number of esters is 2. The van der Waals surface area contributed by atoms with Crippen LogP contribution in [-0.4, -0.2) is 75.8 Å². The first kappa shape index (κ1) is 23.1. The summed E-state index contributed by atoms with van der Waals surface area (Å²) in [5.74, 6) is -0.511. The third kappa shape index (κ3) is 21.1. The molecule has 8 nitrogen and oxygen atoms in total. The first-order valence-electron chi connectivity index (χ1n) is 7.39. The maximum atomic E-state index is 10.5. The molecule has 8 heteroatoms. The predicted molar refractivity (Wildman–Crippen MR) is 82.4 cm³/mol. The van der Waals surface area contributed by atoms with E-state index in [2.05, 4.69) is 20.1 Å². The van der Waals surface area contributed by atoms with Gasteiger partial charge in [0.15, 0.2) is 0 Å².